The highest BCUT2D eigenvalue weighted by molar-refractivity contribution is 6.08. The lowest BCUT2D eigenvalue weighted by molar-refractivity contribution is -0.137. The fourth-order valence-corrected chi connectivity index (χ4v) is 2.76. The van der Waals surface area contributed by atoms with Crippen molar-refractivity contribution in [3.05, 3.63) is 23.8 Å². The Morgan fingerprint density at radius 1 is 1.35 bits per heavy atom. The zero-order chi connectivity index (χ0) is 16.6. The maximum Gasteiger partial charge on any atom is 0.254 e. The van der Waals surface area contributed by atoms with E-state index in [1.165, 1.54) is 11.9 Å². The molecule has 2 aromatic rings. The maximum atomic E-state index is 12.8. The quantitative estimate of drug-likeness (QED) is 0.831. The summed E-state index contributed by atoms with van der Waals surface area (Å²) in [5.74, 6) is -0.877. The molecule has 3 amide bonds. The van der Waals surface area contributed by atoms with Crippen molar-refractivity contribution in [2.45, 2.75) is 25.8 Å². The van der Waals surface area contributed by atoms with Gasteiger partial charge < -0.3 is 4.90 Å². The van der Waals surface area contributed by atoms with E-state index in [0.29, 0.717) is 29.6 Å². The lowest BCUT2D eigenvalue weighted by Gasteiger charge is -2.27. The van der Waals surface area contributed by atoms with Crippen molar-refractivity contribution in [1.82, 2.24) is 25.2 Å². The first kappa shape index (κ1) is 15.1. The van der Waals surface area contributed by atoms with Crippen LogP contribution in [0, 0.1) is 0 Å². The highest BCUT2D eigenvalue weighted by Gasteiger charge is 2.41. The van der Waals surface area contributed by atoms with Crippen LogP contribution in [0.15, 0.2) is 18.2 Å². The van der Waals surface area contributed by atoms with Crippen molar-refractivity contribution < 1.29 is 14.4 Å². The molecule has 2 heterocycles. The molecule has 1 atom stereocenters. The van der Waals surface area contributed by atoms with Crippen molar-refractivity contribution in [3.8, 4) is 0 Å². The number of carbonyl (C=O) groups excluding carboxylic acids is 3. The predicted octanol–water partition coefficient (Wildman–Crippen LogP) is 0.567. The number of hydrogen-bond donors (Lipinski definition) is 1. The van der Waals surface area contributed by atoms with Crippen LogP contribution >= 0.6 is 0 Å². The number of rotatable bonds is 4. The third-order valence-corrected chi connectivity index (χ3v) is 4.02. The van der Waals surface area contributed by atoms with Gasteiger partial charge in [-0.25, -0.2) is 0 Å². The number of carbonyl (C=O) groups is 3. The summed E-state index contributed by atoms with van der Waals surface area (Å²) in [5, 5.41) is 10.4. The van der Waals surface area contributed by atoms with Crippen LogP contribution in [0.3, 0.4) is 0 Å². The molecule has 1 aliphatic rings. The summed E-state index contributed by atoms with van der Waals surface area (Å²) in [6.07, 6.45) is 0.729. The van der Waals surface area contributed by atoms with Crippen LogP contribution in [0.25, 0.3) is 11.0 Å². The van der Waals surface area contributed by atoms with Gasteiger partial charge in [-0.2, -0.15) is 15.4 Å². The smallest absolute Gasteiger partial charge is 0.254 e. The number of likely N-dealkylation sites (N-methyl/N-ethyl adjacent to an activating group) is 1. The minimum atomic E-state index is -0.729. The number of H-pyrrole nitrogens is 1. The van der Waals surface area contributed by atoms with Crippen LogP contribution in [0.2, 0.25) is 0 Å². The Hall–Kier alpha value is -2.77. The number of nitrogens with zero attached hydrogens (tertiary/aromatic N) is 4. The molecule has 1 N–H and O–H groups in total. The zero-order valence-corrected chi connectivity index (χ0v) is 12.9. The summed E-state index contributed by atoms with van der Waals surface area (Å²) < 4.78 is 0. The van der Waals surface area contributed by atoms with Gasteiger partial charge in [-0.1, -0.05) is 6.92 Å². The average molecular weight is 315 g/mol. The molecule has 3 rings (SSSR count). The van der Waals surface area contributed by atoms with Crippen molar-refractivity contribution in [2.75, 3.05) is 13.6 Å². The van der Waals surface area contributed by atoms with E-state index in [2.05, 4.69) is 15.4 Å². The molecule has 1 aromatic carbocycles. The fraction of sp³-hybridized carbons (Fsp3) is 0.400. The molecule has 1 aliphatic heterocycles. The third-order valence-electron chi connectivity index (χ3n) is 4.02. The Bertz CT molecular complexity index is 784. The second-order valence-corrected chi connectivity index (χ2v) is 5.54. The number of likely N-dealkylation sites (tertiary alicyclic amines) is 1. The van der Waals surface area contributed by atoms with Gasteiger partial charge in [0.15, 0.2) is 0 Å². The molecule has 0 bridgehead atoms. The number of fused-ring (bicyclic) bond motifs is 1. The maximum absolute atomic E-state index is 12.8. The molecule has 1 unspecified atom stereocenters. The number of hydrogen-bond acceptors (Lipinski definition) is 5. The highest BCUT2D eigenvalue weighted by Crippen LogP contribution is 2.21. The fourth-order valence-electron chi connectivity index (χ4n) is 2.76. The van der Waals surface area contributed by atoms with Crippen molar-refractivity contribution in [3.63, 3.8) is 0 Å². The van der Waals surface area contributed by atoms with Gasteiger partial charge >= 0.3 is 0 Å². The Morgan fingerprint density at radius 2 is 2.09 bits per heavy atom. The van der Waals surface area contributed by atoms with Crippen molar-refractivity contribution >= 4 is 28.8 Å². The van der Waals surface area contributed by atoms with Gasteiger partial charge in [0.2, 0.25) is 5.91 Å². The molecule has 0 spiro atoms. The number of imide groups is 1. The minimum absolute atomic E-state index is 0.0350. The van der Waals surface area contributed by atoms with Crippen LogP contribution in [0.1, 0.15) is 30.1 Å². The van der Waals surface area contributed by atoms with E-state index in [0.717, 1.165) is 4.90 Å². The van der Waals surface area contributed by atoms with Crippen LogP contribution < -0.4 is 0 Å². The number of aromatic nitrogens is 3. The molecule has 0 saturated carbocycles. The summed E-state index contributed by atoms with van der Waals surface area (Å²) in [4.78, 5) is 39.4. The minimum Gasteiger partial charge on any atom is -0.326 e. The SMILES string of the molecule is CCCN(C(=O)c1ccc2n[nH]nc2c1)C1CC(=O)N(C)C1=O. The molecule has 23 heavy (non-hydrogen) atoms. The van der Waals surface area contributed by atoms with Crippen LogP contribution in [-0.4, -0.2) is 62.6 Å². The molecule has 1 saturated heterocycles. The number of benzene rings is 1. The zero-order valence-electron chi connectivity index (χ0n) is 12.9. The first-order valence-electron chi connectivity index (χ1n) is 7.44. The Kier molecular flexibility index (Phi) is 3.81. The van der Waals surface area contributed by atoms with Crippen molar-refractivity contribution in [2.24, 2.45) is 0 Å². The van der Waals surface area contributed by atoms with Gasteiger partial charge in [0.25, 0.3) is 11.8 Å². The lowest BCUT2D eigenvalue weighted by Crippen LogP contribution is -2.45. The van der Waals surface area contributed by atoms with Gasteiger partial charge in [-0.05, 0) is 24.6 Å². The summed E-state index contributed by atoms with van der Waals surface area (Å²) in [6, 6.07) is 4.26. The molecule has 8 nitrogen and oxygen atoms in total. The van der Waals surface area contributed by atoms with Gasteiger partial charge in [0.1, 0.15) is 17.1 Å². The monoisotopic (exact) mass is 315 g/mol. The molecule has 0 aliphatic carbocycles. The molecular weight excluding hydrogens is 298 g/mol. The third kappa shape index (κ3) is 2.56. The second kappa shape index (κ2) is 5.79. The van der Waals surface area contributed by atoms with Gasteiger partial charge in [-0.3, -0.25) is 19.3 Å². The van der Waals surface area contributed by atoms with Crippen molar-refractivity contribution in [1.29, 1.82) is 0 Å². The van der Waals surface area contributed by atoms with E-state index in [1.54, 1.807) is 18.2 Å². The van der Waals surface area contributed by atoms with Crippen LogP contribution in [0.4, 0.5) is 0 Å². The van der Waals surface area contributed by atoms with Crippen LogP contribution in [0.5, 0.6) is 0 Å². The van der Waals surface area contributed by atoms with Crippen LogP contribution in [-0.2, 0) is 9.59 Å². The average Bonchev–Trinajstić information content (AvgIpc) is 3.11. The Balaban J connectivity index is 1.92. The first-order chi connectivity index (χ1) is 11.0. The van der Waals surface area contributed by atoms with E-state index >= 15 is 0 Å². The second-order valence-electron chi connectivity index (χ2n) is 5.54. The predicted molar refractivity (Wildman–Crippen MR) is 81.4 cm³/mol. The number of amides is 3. The normalized spacial score (nSPS) is 18.0. The molecular formula is C15H17N5O3. The topological polar surface area (TPSA) is 99.3 Å². The van der Waals surface area contributed by atoms with E-state index in [1.807, 2.05) is 6.92 Å². The van der Waals surface area contributed by atoms with Gasteiger partial charge in [0, 0.05) is 19.2 Å². The van der Waals surface area contributed by atoms with E-state index < -0.39 is 6.04 Å². The summed E-state index contributed by atoms with van der Waals surface area (Å²) in [5.41, 5.74) is 1.67. The van der Waals surface area contributed by atoms with Gasteiger partial charge in [-0.15, -0.1) is 0 Å². The summed E-state index contributed by atoms with van der Waals surface area (Å²) in [7, 11) is 1.45. The van der Waals surface area contributed by atoms with E-state index in [4.69, 9.17) is 0 Å². The molecule has 1 aromatic heterocycles. The Labute approximate surface area is 132 Å². The first-order valence-corrected chi connectivity index (χ1v) is 7.44. The van der Waals surface area contributed by atoms with E-state index in [9.17, 15) is 14.4 Å². The Morgan fingerprint density at radius 3 is 2.74 bits per heavy atom. The molecule has 0 radical (unpaired) electrons. The van der Waals surface area contributed by atoms with E-state index in [-0.39, 0.29) is 24.1 Å². The molecule has 8 heteroatoms. The number of nitrogens with one attached hydrogen (secondary N) is 1. The largest absolute Gasteiger partial charge is 0.326 e. The standard InChI is InChI=1S/C15H17N5O3/c1-3-6-20(12-8-13(21)19(2)15(12)23)14(22)9-4-5-10-11(7-9)17-18-16-10/h4-5,7,12H,3,6,8H2,1-2H3,(H,16,17,18). The molecule has 120 valence electrons. The summed E-state index contributed by atoms with van der Waals surface area (Å²) >= 11 is 0. The lowest BCUT2D eigenvalue weighted by atomic mass is 10.1. The van der Waals surface area contributed by atoms with Gasteiger partial charge in [0.05, 0.1) is 6.42 Å². The highest BCUT2D eigenvalue weighted by atomic mass is 16.2. The number of aromatic amines is 1. The molecule has 1 fully saturated rings. The summed E-state index contributed by atoms with van der Waals surface area (Å²) in [6.45, 7) is 2.33.